The van der Waals surface area contributed by atoms with Gasteiger partial charge in [-0.3, -0.25) is 9.59 Å². The number of hydrogen-bond donors (Lipinski definition) is 2. The topological polar surface area (TPSA) is 58.2 Å². The predicted octanol–water partition coefficient (Wildman–Crippen LogP) is 4.14. The normalized spacial score (nSPS) is 10.5. The van der Waals surface area contributed by atoms with E-state index < -0.39 is 11.8 Å². The van der Waals surface area contributed by atoms with Crippen molar-refractivity contribution in [2.24, 2.45) is 0 Å². The lowest BCUT2D eigenvalue weighted by Crippen LogP contribution is -2.35. The summed E-state index contributed by atoms with van der Waals surface area (Å²) in [5.41, 5.74) is 3.71. The van der Waals surface area contributed by atoms with Crippen LogP contribution in [0.2, 0.25) is 0 Å². The average molecular weight is 389 g/mol. The van der Waals surface area contributed by atoms with Crippen LogP contribution in [0.25, 0.3) is 0 Å². The molecule has 0 aliphatic rings. The molecule has 4 nitrogen and oxygen atoms in total. The Morgan fingerprint density at radius 3 is 2.29 bits per heavy atom. The first-order valence-corrected chi connectivity index (χ1v) is 8.60. The standard InChI is InChI=1S/C19H21BrN2O2/c1-12(2)15-6-4-14(5-7-15)11-21-18(23)19(24)22-17-9-8-16(20)10-13(17)3/h4-10,12H,11H2,1-3H3,(H,21,23)(H,22,24). The Bertz CT molecular complexity index is 740. The molecule has 0 saturated heterocycles. The van der Waals surface area contributed by atoms with Gasteiger partial charge in [0.05, 0.1) is 0 Å². The predicted molar refractivity (Wildman–Crippen MR) is 99.9 cm³/mol. The molecule has 0 aromatic heterocycles. The number of benzene rings is 2. The van der Waals surface area contributed by atoms with E-state index in [2.05, 4.69) is 40.4 Å². The lowest BCUT2D eigenvalue weighted by Gasteiger charge is -2.10. The molecule has 0 bridgehead atoms. The Morgan fingerprint density at radius 2 is 1.71 bits per heavy atom. The van der Waals surface area contributed by atoms with Gasteiger partial charge in [0.25, 0.3) is 0 Å². The van der Waals surface area contributed by atoms with Crippen LogP contribution < -0.4 is 10.6 Å². The molecule has 0 aliphatic carbocycles. The van der Waals surface area contributed by atoms with E-state index in [-0.39, 0.29) is 0 Å². The quantitative estimate of drug-likeness (QED) is 0.773. The van der Waals surface area contributed by atoms with E-state index >= 15 is 0 Å². The summed E-state index contributed by atoms with van der Waals surface area (Å²) >= 11 is 3.36. The molecular weight excluding hydrogens is 368 g/mol. The zero-order chi connectivity index (χ0) is 17.7. The average Bonchev–Trinajstić information content (AvgIpc) is 2.55. The number of carbonyl (C=O) groups excluding carboxylic acids is 2. The van der Waals surface area contributed by atoms with Crippen LogP contribution in [0.3, 0.4) is 0 Å². The number of carbonyl (C=O) groups is 2. The van der Waals surface area contributed by atoms with E-state index in [1.54, 1.807) is 6.07 Å². The first-order chi connectivity index (χ1) is 11.4. The van der Waals surface area contributed by atoms with Gasteiger partial charge in [0.1, 0.15) is 0 Å². The van der Waals surface area contributed by atoms with Crippen molar-refractivity contribution in [2.45, 2.75) is 33.2 Å². The van der Waals surface area contributed by atoms with Crippen molar-refractivity contribution in [3.63, 3.8) is 0 Å². The van der Waals surface area contributed by atoms with Crippen LogP contribution >= 0.6 is 15.9 Å². The molecule has 0 saturated carbocycles. The summed E-state index contributed by atoms with van der Waals surface area (Å²) in [6.07, 6.45) is 0. The van der Waals surface area contributed by atoms with E-state index in [9.17, 15) is 9.59 Å². The number of amides is 2. The summed E-state index contributed by atoms with van der Waals surface area (Å²) in [4.78, 5) is 23.9. The highest BCUT2D eigenvalue weighted by molar-refractivity contribution is 9.10. The summed E-state index contributed by atoms with van der Waals surface area (Å²) in [7, 11) is 0. The zero-order valence-corrected chi connectivity index (χ0v) is 15.6. The number of rotatable bonds is 4. The van der Waals surface area contributed by atoms with Crippen molar-refractivity contribution in [3.05, 3.63) is 63.6 Å². The molecule has 0 radical (unpaired) electrons. The summed E-state index contributed by atoms with van der Waals surface area (Å²) < 4.78 is 0.923. The SMILES string of the molecule is Cc1cc(Br)ccc1NC(=O)C(=O)NCc1ccc(C(C)C)cc1. The van der Waals surface area contributed by atoms with Crippen LogP contribution in [0, 0.1) is 6.92 Å². The summed E-state index contributed by atoms with van der Waals surface area (Å²) in [5.74, 6) is -0.849. The molecule has 0 fully saturated rings. The van der Waals surface area contributed by atoms with Crippen LogP contribution in [0.5, 0.6) is 0 Å². The zero-order valence-electron chi connectivity index (χ0n) is 14.0. The maximum Gasteiger partial charge on any atom is 0.313 e. The first kappa shape index (κ1) is 18.2. The number of hydrogen-bond acceptors (Lipinski definition) is 2. The fourth-order valence-corrected chi connectivity index (χ4v) is 2.70. The van der Waals surface area contributed by atoms with E-state index in [1.807, 2.05) is 43.3 Å². The van der Waals surface area contributed by atoms with Crippen molar-refractivity contribution >= 4 is 33.4 Å². The molecule has 0 unspecified atom stereocenters. The third-order valence-electron chi connectivity index (χ3n) is 3.74. The van der Waals surface area contributed by atoms with Gasteiger partial charge in [-0.2, -0.15) is 0 Å². The van der Waals surface area contributed by atoms with Gasteiger partial charge < -0.3 is 10.6 Å². The minimum absolute atomic E-state index is 0.323. The van der Waals surface area contributed by atoms with Crippen LogP contribution in [0.15, 0.2) is 46.9 Å². The van der Waals surface area contributed by atoms with Gasteiger partial charge in [0, 0.05) is 16.7 Å². The van der Waals surface area contributed by atoms with Crippen LogP contribution in [-0.4, -0.2) is 11.8 Å². The number of aryl methyl sites for hydroxylation is 1. The molecule has 2 aromatic carbocycles. The molecule has 0 atom stereocenters. The van der Waals surface area contributed by atoms with Crippen LogP contribution in [0.1, 0.15) is 36.5 Å². The Balaban J connectivity index is 1.90. The van der Waals surface area contributed by atoms with E-state index in [4.69, 9.17) is 0 Å². The van der Waals surface area contributed by atoms with Gasteiger partial charge in [-0.15, -0.1) is 0 Å². The van der Waals surface area contributed by atoms with Crippen molar-refractivity contribution in [3.8, 4) is 0 Å². The van der Waals surface area contributed by atoms with Crippen molar-refractivity contribution in [2.75, 3.05) is 5.32 Å². The maximum atomic E-state index is 12.0. The molecular formula is C19H21BrN2O2. The summed E-state index contributed by atoms with van der Waals surface area (Å²) in [5, 5.41) is 5.26. The molecule has 2 aromatic rings. The first-order valence-electron chi connectivity index (χ1n) is 7.81. The molecule has 24 heavy (non-hydrogen) atoms. The Kier molecular flexibility index (Phi) is 6.15. The van der Waals surface area contributed by atoms with Crippen molar-refractivity contribution < 1.29 is 9.59 Å². The van der Waals surface area contributed by atoms with Crippen LogP contribution in [0.4, 0.5) is 5.69 Å². The van der Waals surface area contributed by atoms with Crippen molar-refractivity contribution in [1.82, 2.24) is 5.32 Å². The third-order valence-corrected chi connectivity index (χ3v) is 4.24. The minimum Gasteiger partial charge on any atom is -0.344 e. The Hall–Kier alpha value is -2.14. The highest BCUT2D eigenvalue weighted by Crippen LogP contribution is 2.20. The molecule has 0 spiro atoms. The van der Waals surface area contributed by atoms with Gasteiger partial charge in [-0.1, -0.05) is 54.0 Å². The largest absolute Gasteiger partial charge is 0.344 e. The second kappa shape index (κ2) is 8.11. The minimum atomic E-state index is -0.667. The fourth-order valence-electron chi connectivity index (χ4n) is 2.23. The Morgan fingerprint density at radius 1 is 1.04 bits per heavy atom. The molecule has 0 aliphatic heterocycles. The number of halogens is 1. The third kappa shape index (κ3) is 4.93. The number of nitrogens with one attached hydrogen (secondary N) is 2. The van der Waals surface area contributed by atoms with Crippen LogP contribution in [-0.2, 0) is 16.1 Å². The van der Waals surface area contributed by atoms with Crippen molar-refractivity contribution in [1.29, 1.82) is 0 Å². The maximum absolute atomic E-state index is 12.0. The lowest BCUT2D eigenvalue weighted by molar-refractivity contribution is -0.136. The van der Waals surface area contributed by atoms with Gasteiger partial charge in [-0.05, 0) is 47.7 Å². The molecule has 2 N–H and O–H groups in total. The van der Waals surface area contributed by atoms with E-state index in [0.29, 0.717) is 18.2 Å². The van der Waals surface area contributed by atoms with E-state index in [0.717, 1.165) is 15.6 Å². The van der Waals surface area contributed by atoms with Gasteiger partial charge in [-0.25, -0.2) is 0 Å². The Labute approximate surface area is 150 Å². The molecule has 2 amide bonds. The van der Waals surface area contributed by atoms with E-state index in [1.165, 1.54) is 5.56 Å². The smallest absolute Gasteiger partial charge is 0.313 e. The second-order valence-corrected chi connectivity index (χ2v) is 6.91. The lowest BCUT2D eigenvalue weighted by atomic mass is 10.0. The van der Waals surface area contributed by atoms with Gasteiger partial charge in [0.2, 0.25) is 0 Å². The molecule has 0 heterocycles. The highest BCUT2D eigenvalue weighted by Gasteiger charge is 2.14. The van der Waals surface area contributed by atoms with Gasteiger partial charge >= 0.3 is 11.8 Å². The molecule has 2 rings (SSSR count). The number of anilines is 1. The fraction of sp³-hybridized carbons (Fsp3) is 0.263. The second-order valence-electron chi connectivity index (χ2n) is 5.99. The highest BCUT2D eigenvalue weighted by atomic mass is 79.9. The molecule has 5 heteroatoms. The summed E-state index contributed by atoms with van der Waals surface area (Å²) in [6.45, 7) is 6.45. The monoisotopic (exact) mass is 388 g/mol. The van der Waals surface area contributed by atoms with Gasteiger partial charge in [0.15, 0.2) is 0 Å². The molecule has 126 valence electrons. The summed E-state index contributed by atoms with van der Waals surface area (Å²) in [6, 6.07) is 13.5.